The Kier molecular flexibility index (Phi) is 5.30. The predicted molar refractivity (Wildman–Crippen MR) is 74.0 cm³/mol. The van der Waals surface area contributed by atoms with E-state index in [1.165, 1.54) is 0 Å². The molecule has 6 heteroatoms. The Balaban J connectivity index is 2.75. The van der Waals surface area contributed by atoms with Crippen molar-refractivity contribution in [3.05, 3.63) is 35.6 Å². The first-order valence-electron chi connectivity index (χ1n) is 5.91. The lowest BCUT2D eigenvalue weighted by molar-refractivity contribution is 0.0502. The van der Waals surface area contributed by atoms with Gasteiger partial charge in [0.05, 0.1) is 11.7 Å². The molecule has 0 saturated heterocycles. The molecule has 0 saturated carbocycles. The van der Waals surface area contributed by atoms with Crippen LogP contribution in [0.5, 0.6) is 0 Å². The molecule has 1 aromatic heterocycles. The number of alkyl carbamates (subject to hydrolysis) is 1. The highest BCUT2D eigenvalue weighted by atomic mass is 35.5. The van der Waals surface area contributed by atoms with Crippen LogP contribution in [0, 0.1) is 0 Å². The number of hydrogen-bond donors (Lipinski definition) is 1. The van der Waals surface area contributed by atoms with Crippen molar-refractivity contribution < 1.29 is 9.53 Å². The van der Waals surface area contributed by atoms with Gasteiger partial charge in [-0.3, -0.25) is 0 Å². The zero-order valence-corrected chi connectivity index (χ0v) is 12.1. The van der Waals surface area contributed by atoms with Gasteiger partial charge in [-0.05, 0) is 39.3 Å². The molecule has 1 amide bonds. The molecule has 1 heterocycles. The fourth-order valence-electron chi connectivity index (χ4n) is 1.38. The van der Waals surface area contributed by atoms with Crippen LogP contribution in [0.15, 0.2) is 24.8 Å². The number of carbonyl (C=O) groups excluding carboxylic acids is 1. The van der Waals surface area contributed by atoms with Crippen LogP contribution in [0.25, 0.3) is 0 Å². The van der Waals surface area contributed by atoms with Gasteiger partial charge in [0.25, 0.3) is 0 Å². The largest absolute Gasteiger partial charge is 0.444 e. The minimum Gasteiger partial charge on any atom is -0.444 e. The molecule has 0 unspecified atom stereocenters. The number of nitrogens with one attached hydrogen (secondary N) is 1. The van der Waals surface area contributed by atoms with Crippen molar-refractivity contribution in [2.24, 2.45) is 0 Å². The van der Waals surface area contributed by atoms with E-state index in [2.05, 4.69) is 22.1 Å². The molecule has 1 rings (SSSR count). The van der Waals surface area contributed by atoms with Crippen molar-refractivity contribution in [1.82, 2.24) is 15.5 Å². The second-order valence-corrected chi connectivity index (χ2v) is 5.39. The smallest absolute Gasteiger partial charge is 0.408 e. The number of rotatable bonds is 4. The SMILES string of the molecule is C=CC[C@H](NC(=O)OC(C)(C)C)c1ccc(Cl)nn1. The highest BCUT2D eigenvalue weighted by Crippen LogP contribution is 2.17. The second kappa shape index (κ2) is 6.52. The summed E-state index contributed by atoms with van der Waals surface area (Å²) in [6.07, 6.45) is 1.71. The zero-order chi connectivity index (χ0) is 14.5. The molecular weight excluding hydrogens is 266 g/mol. The Hall–Kier alpha value is -1.62. The lowest BCUT2D eigenvalue weighted by Gasteiger charge is -2.22. The van der Waals surface area contributed by atoms with Gasteiger partial charge in [-0.2, -0.15) is 5.10 Å². The molecule has 5 nitrogen and oxygen atoms in total. The summed E-state index contributed by atoms with van der Waals surface area (Å²) in [4.78, 5) is 11.7. The highest BCUT2D eigenvalue weighted by molar-refractivity contribution is 6.29. The normalized spacial score (nSPS) is 12.6. The van der Waals surface area contributed by atoms with E-state index in [0.717, 1.165) is 0 Å². The molecule has 104 valence electrons. The van der Waals surface area contributed by atoms with Crippen molar-refractivity contribution in [3.8, 4) is 0 Å². The molecule has 0 spiro atoms. The Labute approximate surface area is 118 Å². The Morgan fingerprint density at radius 2 is 2.21 bits per heavy atom. The van der Waals surface area contributed by atoms with Gasteiger partial charge in [-0.1, -0.05) is 17.7 Å². The summed E-state index contributed by atoms with van der Waals surface area (Å²) in [5.74, 6) is 0. The summed E-state index contributed by atoms with van der Waals surface area (Å²) < 4.78 is 5.20. The van der Waals surface area contributed by atoms with Gasteiger partial charge < -0.3 is 10.1 Å². The first kappa shape index (κ1) is 15.4. The molecule has 0 bridgehead atoms. The Bertz CT molecular complexity index is 440. The third-order valence-corrected chi connectivity index (χ3v) is 2.30. The van der Waals surface area contributed by atoms with Crippen LogP contribution in [-0.2, 0) is 4.74 Å². The monoisotopic (exact) mass is 283 g/mol. The molecule has 0 aliphatic heterocycles. The zero-order valence-electron chi connectivity index (χ0n) is 11.3. The predicted octanol–water partition coefficient (Wildman–Crippen LogP) is 3.27. The number of nitrogens with zero attached hydrogens (tertiary/aromatic N) is 2. The van der Waals surface area contributed by atoms with Crippen molar-refractivity contribution in [2.45, 2.75) is 38.8 Å². The maximum absolute atomic E-state index is 11.7. The summed E-state index contributed by atoms with van der Waals surface area (Å²) in [7, 11) is 0. The van der Waals surface area contributed by atoms with Crippen LogP contribution >= 0.6 is 11.6 Å². The molecule has 1 atom stereocenters. The number of ether oxygens (including phenoxy) is 1. The highest BCUT2D eigenvalue weighted by Gasteiger charge is 2.20. The maximum atomic E-state index is 11.7. The van der Waals surface area contributed by atoms with E-state index in [-0.39, 0.29) is 6.04 Å². The molecule has 0 aliphatic rings. The summed E-state index contributed by atoms with van der Waals surface area (Å²) in [6, 6.07) is 2.99. The fraction of sp³-hybridized carbons (Fsp3) is 0.462. The third-order valence-electron chi connectivity index (χ3n) is 2.10. The van der Waals surface area contributed by atoms with Crippen molar-refractivity contribution in [3.63, 3.8) is 0 Å². The van der Waals surface area contributed by atoms with Crippen LogP contribution in [0.4, 0.5) is 4.79 Å². The molecule has 0 fully saturated rings. The van der Waals surface area contributed by atoms with E-state index in [1.54, 1.807) is 39.0 Å². The number of carbonyl (C=O) groups is 1. The molecule has 0 radical (unpaired) electrons. The number of hydrogen-bond acceptors (Lipinski definition) is 4. The standard InChI is InChI=1S/C13H18ClN3O2/c1-5-6-9(10-7-8-11(14)17-16-10)15-12(18)19-13(2,3)4/h5,7-9H,1,6H2,2-4H3,(H,15,18)/t9-/m0/s1. The first-order chi connectivity index (χ1) is 8.81. The molecular formula is C13H18ClN3O2. The van der Waals surface area contributed by atoms with Gasteiger partial charge in [0.2, 0.25) is 0 Å². The summed E-state index contributed by atoms with van der Waals surface area (Å²) in [5, 5.41) is 10.7. The first-order valence-corrected chi connectivity index (χ1v) is 6.29. The van der Waals surface area contributed by atoms with E-state index in [9.17, 15) is 4.79 Å². The number of halogens is 1. The van der Waals surface area contributed by atoms with E-state index >= 15 is 0 Å². The van der Waals surface area contributed by atoms with Crippen molar-refractivity contribution in [2.75, 3.05) is 0 Å². The number of amides is 1. The topological polar surface area (TPSA) is 64.1 Å². The Morgan fingerprint density at radius 1 is 1.53 bits per heavy atom. The second-order valence-electron chi connectivity index (χ2n) is 5.00. The van der Waals surface area contributed by atoms with E-state index in [4.69, 9.17) is 16.3 Å². The molecule has 19 heavy (non-hydrogen) atoms. The van der Waals surface area contributed by atoms with Gasteiger partial charge in [0.1, 0.15) is 5.60 Å². The van der Waals surface area contributed by atoms with Gasteiger partial charge >= 0.3 is 6.09 Å². The third kappa shape index (κ3) is 5.70. The van der Waals surface area contributed by atoms with Crippen LogP contribution in [0.3, 0.4) is 0 Å². The maximum Gasteiger partial charge on any atom is 0.408 e. The summed E-state index contributed by atoms with van der Waals surface area (Å²) in [6.45, 7) is 9.07. The Morgan fingerprint density at radius 3 is 2.68 bits per heavy atom. The lowest BCUT2D eigenvalue weighted by Crippen LogP contribution is -2.35. The lowest BCUT2D eigenvalue weighted by atomic mass is 10.1. The van der Waals surface area contributed by atoms with Crippen LogP contribution in [0.2, 0.25) is 5.15 Å². The average Bonchev–Trinajstić information content (AvgIpc) is 2.27. The molecule has 0 aromatic carbocycles. The average molecular weight is 284 g/mol. The van der Waals surface area contributed by atoms with Crippen molar-refractivity contribution >= 4 is 17.7 Å². The van der Waals surface area contributed by atoms with E-state index in [0.29, 0.717) is 17.3 Å². The molecule has 1 aromatic rings. The van der Waals surface area contributed by atoms with E-state index in [1.807, 2.05) is 0 Å². The van der Waals surface area contributed by atoms with Crippen LogP contribution in [-0.4, -0.2) is 21.9 Å². The molecule has 0 aliphatic carbocycles. The van der Waals surface area contributed by atoms with Gasteiger partial charge in [0.15, 0.2) is 5.15 Å². The van der Waals surface area contributed by atoms with Crippen LogP contribution < -0.4 is 5.32 Å². The number of aromatic nitrogens is 2. The van der Waals surface area contributed by atoms with Gasteiger partial charge in [-0.15, -0.1) is 11.7 Å². The molecule has 1 N–H and O–H groups in total. The summed E-state index contributed by atoms with van der Waals surface area (Å²) >= 11 is 5.68. The van der Waals surface area contributed by atoms with Crippen molar-refractivity contribution in [1.29, 1.82) is 0 Å². The quantitative estimate of drug-likeness (QED) is 0.861. The van der Waals surface area contributed by atoms with Gasteiger partial charge in [0, 0.05) is 0 Å². The minimum absolute atomic E-state index is 0.304. The van der Waals surface area contributed by atoms with Crippen LogP contribution in [0.1, 0.15) is 38.9 Å². The fourth-order valence-corrected chi connectivity index (χ4v) is 1.48. The van der Waals surface area contributed by atoms with E-state index < -0.39 is 11.7 Å². The van der Waals surface area contributed by atoms with Gasteiger partial charge in [-0.25, -0.2) is 4.79 Å². The minimum atomic E-state index is -0.547. The summed E-state index contributed by atoms with van der Waals surface area (Å²) in [5.41, 5.74) is 0.0595.